The molecule has 2 heterocycles. The average molecular weight is 204 g/mol. The molecule has 0 amide bonds. The summed E-state index contributed by atoms with van der Waals surface area (Å²) in [5.74, 6) is 0.853. The Morgan fingerprint density at radius 2 is 2.00 bits per heavy atom. The fourth-order valence-electron chi connectivity index (χ4n) is 3.28. The molecule has 15 heavy (non-hydrogen) atoms. The summed E-state index contributed by atoms with van der Waals surface area (Å²) in [5.41, 5.74) is 5.03. The van der Waals surface area contributed by atoms with Crippen LogP contribution in [0.15, 0.2) is 22.8 Å². The lowest BCUT2D eigenvalue weighted by Crippen LogP contribution is -2.16. The number of rotatable bonds is 0. The molecule has 1 saturated heterocycles. The normalized spacial score (nSPS) is 32.7. The van der Waals surface area contributed by atoms with Gasteiger partial charge < -0.3 is 4.90 Å². The van der Waals surface area contributed by atoms with Gasteiger partial charge in [-0.15, -0.1) is 0 Å². The Morgan fingerprint density at radius 3 is 2.87 bits per heavy atom. The van der Waals surface area contributed by atoms with E-state index in [0.717, 1.165) is 5.92 Å². The first-order valence-electron chi connectivity index (χ1n) is 6.01. The van der Waals surface area contributed by atoms with E-state index in [2.05, 4.69) is 30.0 Å². The summed E-state index contributed by atoms with van der Waals surface area (Å²) in [6.45, 7) is 4.87. The van der Waals surface area contributed by atoms with Crippen LogP contribution in [0.2, 0.25) is 0 Å². The number of likely N-dealkylation sites (N-methyl/N-ethyl adjacent to an activating group) is 2. The van der Waals surface area contributed by atoms with Gasteiger partial charge in [0.05, 0.1) is 0 Å². The monoisotopic (exact) mass is 204 g/mol. The van der Waals surface area contributed by atoms with Crippen LogP contribution >= 0.6 is 0 Å². The molecular weight excluding hydrogens is 184 g/mol. The van der Waals surface area contributed by atoms with Gasteiger partial charge in [0, 0.05) is 26.2 Å². The fraction of sp³-hybridized carbons (Fsp3) is 0.692. The third kappa shape index (κ3) is 1.66. The minimum absolute atomic E-state index is 0.853. The molecule has 1 atom stereocenters. The van der Waals surface area contributed by atoms with Crippen LogP contribution in [-0.2, 0) is 0 Å². The molecule has 0 spiro atoms. The van der Waals surface area contributed by atoms with Crippen LogP contribution in [-0.4, -0.2) is 50.1 Å². The van der Waals surface area contributed by atoms with Gasteiger partial charge in [0.2, 0.25) is 0 Å². The van der Waals surface area contributed by atoms with Crippen molar-refractivity contribution >= 4 is 0 Å². The minimum atomic E-state index is 0.853. The number of fused-ring (bicyclic) bond motifs is 1. The number of nitrogens with zero attached hydrogens (tertiary/aromatic N) is 2. The first kappa shape index (κ1) is 9.61. The predicted octanol–water partition coefficient (Wildman–Crippen LogP) is 1.51. The summed E-state index contributed by atoms with van der Waals surface area (Å²) in [7, 11) is 4.47. The van der Waals surface area contributed by atoms with Gasteiger partial charge in [0.1, 0.15) is 0 Å². The number of hydrogen-bond donors (Lipinski definition) is 0. The van der Waals surface area contributed by atoms with Crippen molar-refractivity contribution in [2.75, 3.05) is 40.3 Å². The molecule has 0 aromatic heterocycles. The van der Waals surface area contributed by atoms with Crippen molar-refractivity contribution in [1.82, 2.24) is 9.80 Å². The van der Waals surface area contributed by atoms with E-state index in [-0.39, 0.29) is 0 Å². The second-order valence-corrected chi connectivity index (χ2v) is 5.45. The summed E-state index contributed by atoms with van der Waals surface area (Å²) >= 11 is 0. The molecule has 0 radical (unpaired) electrons. The smallest absolute Gasteiger partial charge is 0.0234 e. The third-order valence-electron chi connectivity index (χ3n) is 4.02. The van der Waals surface area contributed by atoms with E-state index < -0.39 is 0 Å². The topological polar surface area (TPSA) is 6.48 Å². The zero-order valence-electron chi connectivity index (χ0n) is 9.79. The van der Waals surface area contributed by atoms with Crippen LogP contribution in [0, 0.1) is 5.92 Å². The van der Waals surface area contributed by atoms with Crippen LogP contribution in [0.1, 0.15) is 12.8 Å². The summed E-state index contributed by atoms with van der Waals surface area (Å²) in [4.78, 5) is 4.89. The van der Waals surface area contributed by atoms with Crippen molar-refractivity contribution in [2.24, 2.45) is 5.92 Å². The van der Waals surface area contributed by atoms with Gasteiger partial charge in [-0.3, -0.25) is 4.90 Å². The zero-order chi connectivity index (χ0) is 10.4. The lowest BCUT2D eigenvalue weighted by Gasteiger charge is -2.12. The zero-order valence-corrected chi connectivity index (χ0v) is 9.79. The van der Waals surface area contributed by atoms with E-state index in [9.17, 15) is 0 Å². The molecule has 0 aromatic rings. The van der Waals surface area contributed by atoms with Crippen LogP contribution in [0.5, 0.6) is 0 Å². The first-order valence-corrected chi connectivity index (χ1v) is 6.01. The van der Waals surface area contributed by atoms with E-state index >= 15 is 0 Å². The largest absolute Gasteiger partial charge is 0.302 e. The molecule has 1 unspecified atom stereocenters. The Balaban J connectivity index is 1.88. The number of hydrogen-bond acceptors (Lipinski definition) is 2. The molecule has 3 rings (SSSR count). The SMILES string of the molecule is CN1CC2=C(CCC3CN(C)CC3=C2)C1. The van der Waals surface area contributed by atoms with Gasteiger partial charge in [-0.05, 0) is 38.4 Å². The average Bonchev–Trinajstić information content (AvgIpc) is 2.65. The summed E-state index contributed by atoms with van der Waals surface area (Å²) in [6, 6.07) is 0. The number of likely N-dealkylation sites (tertiary alicyclic amines) is 1. The standard InChI is InChI=1S/C13H20N2/c1-14-6-10-3-4-11-7-15(2)9-13(11)5-12(10)8-14/h5,10H,3-4,6-9H2,1-2H3. The second-order valence-electron chi connectivity index (χ2n) is 5.45. The van der Waals surface area contributed by atoms with Crippen molar-refractivity contribution in [3.05, 3.63) is 22.8 Å². The molecule has 2 heteroatoms. The molecular formula is C13H20N2. The maximum absolute atomic E-state index is 2.51. The third-order valence-corrected chi connectivity index (χ3v) is 4.02. The van der Waals surface area contributed by atoms with Crippen LogP contribution in [0.25, 0.3) is 0 Å². The maximum Gasteiger partial charge on any atom is 0.0234 e. The van der Waals surface area contributed by atoms with Crippen molar-refractivity contribution in [3.63, 3.8) is 0 Å². The summed E-state index contributed by atoms with van der Waals surface area (Å²) in [5, 5.41) is 0. The molecule has 0 bridgehead atoms. The molecule has 1 fully saturated rings. The van der Waals surface area contributed by atoms with Gasteiger partial charge in [0.25, 0.3) is 0 Å². The fourth-order valence-corrected chi connectivity index (χ4v) is 3.28. The van der Waals surface area contributed by atoms with Crippen molar-refractivity contribution in [1.29, 1.82) is 0 Å². The highest BCUT2D eigenvalue weighted by atomic mass is 15.1. The van der Waals surface area contributed by atoms with Crippen LogP contribution in [0.3, 0.4) is 0 Å². The van der Waals surface area contributed by atoms with E-state index in [0.29, 0.717) is 0 Å². The molecule has 0 aromatic carbocycles. The quantitative estimate of drug-likeness (QED) is 0.590. The molecule has 2 aliphatic heterocycles. The van der Waals surface area contributed by atoms with Gasteiger partial charge in [0.15, 0.2) is 0 Å². The van der Waals surface area contributed by atoms with Crippen LogP contribution < -0.4 is 0 Å². The van der Waals surface area contributed by atoms with Gasteiger partial charge >= 0.3 is 0 Å². The Labute approximate surface area is 92.2 Å². The van der Waals surface area contributed by atoms with Gasteiger partial charge in [-0.25, -0.2) is 0 Å². The first-order chi connectivity index (χ1) is 7.22. The highest BCUT2D eigenvalue weighted by Crippen LogP contribution is 2.34. The lowest BCUT2D eigenvalue weighted by molar-refractivity contribution is 0.385. The highest BCUT2D eigenvalue weighted by molar-refractivity contribution is 5.38. The van der Waals surface area contributed by atoms with E-state index in [1.165, 1.54) is 39.0 Å². The van der Waals surface area contributed by atoms with Gasteiger partial charge in [-0.1, -0.05) is 17.2 Å². The predicted molar refractivity (Wildman–Crippen MR) is 62.8 cm³/mol. The highest BCUT2D eigenvalue weighted by Gasteiger charge is 2.29. The summed E-state index contributed by atoms with van der Waals surface area (Å²) in [6.07, 6.45) is 5.22. The minimum Gasteiger partial charge on any atom is -0.302 e. The van der Waals surface area contributed by atoms with E-state index in [1.54, 1.807) is 16.7 Å². The van der Waals surface area contributed by atoms with E-state index in [1.807, 2.05) is 0 Å². The lowest BCUT2D eigenvalue weighted by atomic mass is 9.97. The Hall–Kier alpha value is -0.600. The summed E-state index contributed by atoms with van der Waals surface area (Å²) < 4.78 is 0. The van der Waals surface area contributed by atoms with E-state index in [4.69, 9.17) is 0 Å². The molecule has 1 aliphatic carbocycles. The molecule has 0 N–H and O–H groups in total. The molecule has 0 saturated carbocycles. The second kappa shape index (κ2) is 3.46. The van der Waals surface area contributed by atoms with Gasteiger partial charge in [-0.2, -0.15) is 0 Å². The van der Waals surface area contributed by atoms with Crippen molar-refractivity contribution < 1.29 is 0 Å². The Bertz CT molecular complexity index is 340. The van der Waals surface area contributed by atoms with Crippen LogP contribution in [0.4, 0.5) is 0 Å². The van der Waals surface area contributed by atoms with Crippen molar-refractivity contribution in [3.8, 4) is 0 Å². The molecule has 82 valence electrons. The van der Waals surface area contributed by atoms with Crippen molar-refractivity contribution in [2.45, 2.75) is 12.8 Å². The molecule has 3 aliphatic rings. The molecule has 2 nitrogen and oxygen atoms in total. The Kier molecular flexibility index (Phi) is 2.22. The maximum atomic E-state index is 2.51. The Morgan fingerprint density at radius 1 is 1.13 bits per heavy atom.